The van der Waals surface area contributed by atoms with Crippen LogP contribution in [-0.4, -0.2) is 90.3 Å². The van der Waals surface area contributed by atoms with Crippen molar-refractivity contribution in [2.45, 2.75) is 24.7 Å². The van der Waals surface area contributed by atoms with E-state index in [4.69, 9.17) is 4.74 Å². The number of ether oxygens (including phenoxy) is 1. The van der Waals surface area contributed by atoms with Crippen LogP contribution in [0.25, 0.3) is 28.1 Å². The highest BCUT2D eigenvalue weighted by Gasteiger charge is 2.31. The van der Waals surface area contributed by atoms with Gasteiger partial charge in [-0.3, -0.25) is 4.79 Å². The molecule has 3 N–H and O–H groups in total. The Morgan fingerprint density at radius 1 is 1.08 bits per heavy atom. The molecule has 9 nitrogen and oxygen atoms in total. The highest BCUT2D eigenvalue weighted by molar-refractivity contribution is 6.01. The van der Waals surface area contributed by atoms with E-state index in [1.807, 2.05) is 29.8 Å². The van der Waals surface area contributed by atoms with E-state index in [1.54, 1.807) is 6.08 Å². The van der Waals surface area contributed by atoms with Crippen LogP contribution in [0.5, 0.6) is 0 Å². The van der Waals surface area contributed by atoms with Crippen LogP contribution < -0.4 is 10.2 Å². The molecule has 1 aromatic heterocycles. The molecule has 39 heavy (non-hydrogen) atoms. The van der Waals surface area contributed by atoms with E-state index in [0.29, 0.717) is 18.7 Å². The summed E-state index contributed by atoms with van der Waals surface area (Å²) in [6, 6.07) is 18.8. The average molecular weight is 530 g/mol. The molecule has 0 aliphatic carbocycles. The van der Waals surface area contributed by atoms with Crippen molar-refractivity contribution in [3.63, 3.8) is 0 Å². The number of hydrogen-bond acceptors (Lipinski definition) is 7. The minimum atomic E-state index is -1.08. The molecule has 0 spiro atoms. The van der Waals surface area contributed by atoms with Gasteiger partial charge in [-0.1, -0.05) is 18.2 Å². The molecule has 9 heteroatoms. The maximum absolute atomic E-state index is 12.7. The van der Waals surface area contributed by atoms with E-state index >= 15 is 0 Å². The SMILES string of the molecule is CN1CCN(c2ccc3cc(-c4ccc(/C=C(\C#N)C(=O)NC[C@H]5OCC[C@@H](O)[C@@H]5O)n4C)ccc3c2)CC1. The standard InChI is InChI=1S/C30H35N5O4/c1-33-10-12-35(13-11-33)25-6-5-20-15-22(4-3-21(20)16-25)26-8-7-24(34(26)2)17-23(18-31)30(38)32-19-28-29(37)27(36)9-14-39-28/h3-8,15-17,27-29,36-37H,9-14,19H2,1-2H3,(H,32,38)/b23-17+/t27-,28-,29+/m1/s1. The lowest BCUT2D eigenvalue weighted by atomic mass is 10.0. The Kier molecular flexibility index (Phi) is 8.00. The third-order valence-electron chi connectivity index (χ3n) is 7.79. The number of piperazine rings is 1. The molecular weight excluding hydrogens is 494 g/mol. The summed E-state index contributed by atoms with van der Waals surface area (Å²) in [5.74, 6) is -0.557. The molecule has 0 saturated carbocycles. The van der Waals surface area contributed by atoms with E-state index < -0.39 is 24.2 Å². The molecule has 0 radical (unpaired) electrons. The third-order valence-corrected chi connectivity index (χ3v) is 7.79. The second-order valence-corrected chi connectivity index (χ2v) is 10.4. The summed E-state index contributed by atoms with van der Waals surface area (Å²) in [5.41, 5.74) is 3.92. The minimum absolute atomic E-state index is 0.00206. The van der Waals surface area contributed by atoms with E-state index in [2.05, 4.69) is 58.6 Å². The fourth-order valence-corrected chi connectivity index (χ4v) is 5.24. The van der Waals surface area contributed by atoms with Gasteiger partial charge in [0, 0.05) is 63.5 Å². The summed E-state index contributed by atoms with van der Waals surface area (Å²) in [6.07, 6.45) is -0.786. The summed E-state index contributed by atoms with van der Waals surface area (Å²) < 4.78 is 7.40. The van der Waals surface area contributed by atoms with Gasteiger partial charge in [0.25, 0.3) is 5.91 Å². The van der Waals surface area contributed by atoms with Gasteiger partial charge < -0.3 is 34.6 Å². The van der Waals surface area contributed by atoms with Crippen LogP contribution in [0, 0.1) is 11.3 Å². The average Bonchev–Trinajstić information content (AvgIpc) is 3.31. The molecule has 0 bridgehead atoms. The number of nitriles is 1. The first kappa shape index (κ1) is 26.9. The number of hydrogen-bond donors (Lipinski definition) is 3. The van der Waals surface area contributed by atoms with Crippen molar-refractivity contribution in [3.8, 4) is 17.3 Å². The number of aliphatic hydroxyl groups excluding tert-OH is 2. The van der Waals surface area contributed by atoms with Crippen molar-refractivity contribution in [3.05, 3.63) is 59.8 Å². The topological polar surface area (TPSA) is 114 Å². The monoisotopic (exact) mass is 529 g/mol. The Hall–Kier alpha value is -3.68. The zero-order valence-corrected chi connectivity index (χ0v) is 22.4. The van der Waals surface area contributed by atoms with Gasteiger partial charge in [0.15, 0.2) is 0 Å². The largest absolute Gasteiger partial charge is 0.390 e. The first-order chi connectivity index (χ1) is 18.8. The highest BCUT2D eigenvalue weighted by atomic mass is 16.5. The van der Waals surface area contributed by atoms with Gasteiger partial charge in [-0.25, -0.2) is 0 Å². The van der Waals surface area contributed by atoms with Crippen LogP contribution in [0.15, 0.2) is 54.1 Å². The molecule has 2 aliphatic rings. The second kappa shape index (κ2) is 11.6. The molecule has 3 aromatic rings. The molecular formula is C30H35N5O4. The van der Waals surface area contributed by atoms with Crippen molar-refractivity contribution in [1.29, 1.82) is 5.26 Å². The van der Waals surface area contributed by atoms with Gasteiger partial charge >= 0.3 is 0 Å². The van der Waals surface area contributed by atoms with Gasteiger partial charge in [-0.05, 0) is 66.2 Å². The van der Waals surface area contributed by atoms with Crippen LogP contribution in [0.2, 0.25) is 0 Å². The Morgan fingerprint density at radius 3 is 2.59 bits per heavy atom. The fraction of sp³-hybridized carbons (Fsp3) is 0.400. The number of carbonyl (C=O) groups is 1. The summed E-state index contributed by atoms with van der Waals surface area (Å²) in [6.45, 7) is 4.50. The van der Waals surface area contributed by atoms with Gasteiger partial charge in [0.05, 0.1) is 6.10 Å². The van der Waals surface area contributed by atoms with E-state index in [0.717, 1.165) is 42.8 Å². The molecule has 3 atom stereocenters. The van der Waals surface area contributed by atoms with Gasteiger partial charge in [0.1, 0.15) is 23.9 Å². The number of aliphatic hydroxyl groups is 2. The third kappa shape index (κ3) is 5.84. The number of rotatable bonds is 6. The second-order valence-electron chi connectivity index (χ2n) is 10.4. The van der Waals surface area contributed by atoms with E-state index in [1.165, 1.54) is 11.1 Å². The highest BCUT2D eigenvalue weighted by Crippen LogP contribution is 2.29. The summed E-state index contributed by atoms with van der Waals surface area (Å²) >= 11 is 0. The number of carbonyl (C=O) groups excluding carboxylic acids is 1. The maximum Gasteiger partial charge on any atom is 0.262 e. The summed E-state index contributed by atoms with van der Waals surface area (Å²) in [5, 5.41) is 34.5. The number of nitrogens with one attached hydrogen (secondary N) is 1. The molecule has 204 valence electrons. The zero-order valence-electron chi connectivity index (χ0n) is 22.4. The molecule has 3 heterocycles. The lowest BCUT2D eigenvalue weighted by Gasteiger charge is -2.34. The Labute approximate surface area is 228 Å². The summed E-state index contributed by atoms with van der Waals surface area (Å²) in [7, 11) is 4.06. The van der Waals surface area contributed by atoms with Crippen LogP contribution in [0.3, 0.4) is 0 Å². The molecule has 2 fully saturated rings. The van der Waals surface area contributed by atoms with Crippen LogP contribution in [-0.2, 0) is 16.6 Å². The predicted octanol–water partition coefficient (Wildman–Crippen LogP) is 2.13. The quantitative estimate of drug-likeness (QED) is 0.331. The Balaban J connectivity index is 1.30. The van der Waals surface area contributed by atoms with Gasteiger partial charge in [0.2, 0.25) is 0 Å². The van der Waals surface area contributed by atoms with E-state index in [-0.39, 0.29) is 12.1 Å². The van der Waals surface area contributed by atoms with Gasteiger partial charge in [-0.15, -0.1) is 0 Å². The van der Waals surface area contributed by atoms with E-state index in [9.17, 15) is 20.3 Å². The molecule has 2 aromatic carbocycles. The number of nitrogens with zero attached hydrogens (tertiary/aromatic N) is 4. The first-order valence-corrected chi connectivity index (χ1v) is 13.3. The maximum atomic E-state index is 12.7. The number of benzene rings is 2. The zero-order chi connectivity index (χ0) is 27.5. The Morgan fingerprint density at radius 2 is 1.82 bits per heavy atom. The first-order valence-electron chi connectivity index (χ1n) is 13.3. The number of likely N-dealkylation sites (N-methyl/N-ethyl adjacent to an activating group) is 1. The van der Waals surface area contributed by atoms with Crippen molar-refractivity contribution in [1.82, 2.24) is 14.8 Å². The van der Waals surface area contributed by atoms with Gasteiger partial charge in [-0.2, -0.15) is 5.26 Å². The minimum Gasteiger partial charge on any atom is -0.390 e. The van der Waals surface area contributed by atoms with Crippen molar-refractivity contribution in [2.75, 3.05) is 51.3 Å². The fourth-order valence-electron chi connectivity index (χ4n) is 5.24. The van der Waals surface area contributed by atoms with Crippen molar-refractivity contribution >= 4 is 28.4 Å². The predicted molar refractivity (Wildman–Crippen MR) is 151 cm³/mol. The number of amides is 1. The number of anilines is 1. The molecule has 2 saturated heterocycles. The van der Waals surface area contributed by atoms with Crippen LogP contribution in [0.4, 0.5) is 5.69 Å². The lowest BCUT2D eigenvalue weighted by Crippen LogP contribution is -2.50. The number of aromatic nitrogens is 1. The normalized spacial score (nSPS) is 22.6. The molecule has 5 rings (SSSR count). The molecule has 1 amide bonds. The van der Waals surface area contributed by atoms with Crippen LogP contribution in [0.1, 0.15) is 12.1 Å². The number of fused-ring (bicyclic) bond motifs is 1. The summed E-state index contributed by atoms with van der Waals surface area (Å²) in [4.78, 5) is 17.5. The van der Waals surface area contributed by atoms with Crippen molar-refractivity contribution < 1.29 is 19.7 Å². The molecule has 0 unspecified atom stereocenters. The smallest absolute Gasteiger partial charge is 0.262 e. The van der Waals surface area contributed by atoms with Crippen LogP contribution >= 0.6 is 0 Å². The van der Waals surface area contributed by atoms with Crippen molar-refractivity contribution in [2.24, 2.45) is 7.05 Å². The lowest BCUT2D eigenvalue weighted by molar-refractivity contribution is -0.136. The Bertz CT molecular complexity index is 1420. The molecule has 2 aliphatic heterocycles.